The lowest BCUT2D eigenvalue weighted by atomic mass is 10.1. The molecule has 0 N–H and O–H groups in total. The second-order valence-electron chi connectivity index (χ2n) is 7.04. The lowest BCUT2D eigenvalue weighted by molar-refractivity contribution is -0.127. The van der Waals surface area contributed by atoms with Crippen LogP contribution in [0.4, 0.5) is 0 Å². The van der Waals surface area contributed by atoms with Gasteiger partial charge in [-0.1, -0.05) is 0 Å². The number of rotatable bonds is 5. The first-order chi connectivity index (χ1) is 14.1. The first-order valence-electron chi connectivity index (χ1n) is 9.70. The van der Waals surface area contributed by atoms with Crippen molar-refractivity contribution in [1.82, 2.24) is 14.8 Å². The molecule has 154 valence electrons. The van der Waals surface area contributed by atoms with Gasteiger partial charge in [-0.15, -0.1) is 11.3 Å². The van der Waals surface area contributed by atoms with Crippen LogP contribution in [0.3, 0.4) is 0 Å². The summed E-state index contributed by atoms with van der Waals surface area (Å²) < 4.78 is 16.7. The number of thiazole rings is 1. The SMILES string of the molecule is COc1cc(C=CC(=O)N2CCN(Cc3csc(C)n3)CC2)cc2c1OCCO2. The topological polar surface area (TPSA) is 64.1 Å². The van der Waals surface area contributed by atoms with Crippen LogP contribution in [0.15, 0.2) is 23.6 Å². The molecule has 0 bridgehead atoms. The summed E-state index contributed by atoms with van der Waals surface area (Å²) in [6.45, 7) is 7.03. The Morgan fingerprint density at radius 1 is 1.24 bits per heavy atom. The second-order valence-corrected chi connectivity index (χ2v) is 8.10. The van der Waals surface area contributed by atoms with Crippen LogP contribution in [-0.2, 0) is 11.3 Å². The number of amides is 1. The highest BCUT2D eigenvalue weighted by molar-refractivity contribution is 7.09. The van der Waals surface area contributed by atoms with E-state index in [1.54, 1.807) is 30.6 Å². The second kappa shape index (κ2) is 8.84. The zero-order valence-corrected chi connectivity index (χ0v) is 17.5. The van der Waals surface area contributed by atoms with E-state index in [2.05, 4.69) is 15.3 Å². The molecule has 0 unspecified atom stereocenters. The van der Waals surface area contributed by atoms with Gasteiger partial charge in [0.15, 0.2) is 11.5 Å². The molecule has 1 aromatic carbocycles. The molecule has 0 saturated carbocycles. The van der Waals surface area contributed by atoms with Gasteiger partial charge >= 0.3 is 0 Å². The molecule has 29 heavy (non-hydrogen) atoms. The first kappa shape index (κ1) is 19.7. The number of piperazine rings is 1. The van der Waals surface area contributed by atoms with Crippen LogP contribution in [0.5, 0.6) is 17.2 Å². The van der Waals surface area contributed by atoms with Crippen molar-refractivity contribution in [2.24, 2.45) is 0 Å². The number of nitrogens with zero attached hydrogens (tertiary/aromatic N) is 3. The molecule has 1 fully saturated rings. The normalized spacial score (nSPS) is 17.0. The monoisotopic (exact) mass is 415 g/mol. The molecule has 0 aliphatic carbocycles. The first-order valence-corrected chi connectivity index (χ1v) is 10.6. The zero-order valence-electron chi connectivity index (χ0n) is 16.7. The molecular formula is C21H25N3O4S. The third-order valence-electron chi connectivity index (χ3n) is 5.00. The van der Waals surface area contributed by atoms with Gasteiger partial charge < -0.3 is 19.1 Å². The summed E-state index contributed by atoms with van der Waals surface area (Å²) >= 11 is 1.68. The van der Waals surface area contributed by atoms with Crippen LogP contribution in [-0.4, -0.2) is 67.2 Å². The number of ether oxygens (including phenoxy) is 3. The van der Waals surface area contributed by atoms with Crippen molar-refractivity contribution in [2.75, 3.05) is 46.5 Å². The highest BCUT2D eigenvalue weighted by Gasteiger charge is 2.21. The average molecular weight is 416 g/mol. The van der Waals surface area contributed by atoms with E-state index in [9.17, 15) is 4.79 Å². The molecule has 4 rings (SSSR count). The van der Waals surface area contributed by atoms with Crippen molar-refractivity contribution >= 4 is 23.3 Å². The highest BCUT2D eigenvalue weighted by atomic mass is 32.1. The minimum atomic E-state index is 0.0167. The Kier molecular flexibility index (Phi) is 6.01. The van der Waals surface area contributed by atoms with Crippen molar-refractivity contribution < 1.29 is 19.0 Å². The average Bonchev–Trinajstić information content (AvgIpc) is 3.16. The van der Waals surface area contributed by atoms with Gasteiger partial charge in [0, 0.05) is 44.2 Å². The standard InChI is InChI=1S/C21H25N3O4S/c1-15-22-17(14-29-15)13-23-5-7-24(8-6-23)20(25)4-3-16-11-18(26-2)21-19(12-16)27-9-10-28-21/h3-4,11-12,14H,5-10,13H2,1-2H3. The summed E-state index contributed by atoms with van der Waals surface area (Å²) in [5, 5.41) is 3.20. The fraction of sp³-hybridized carbons (Fsp3) is 0.429. The largest absolute Gasteiger partial charge is 0.493 e. The fourth-order valence-electron chi connectivity index (χ4n) is 3.50. The number of hydrogen-bond acceptors (Lipinski definition) is 7. The summed E-state index contributed by atoms with van der Waals surface area (Å²) in [5.41, 5.74) is 1.96. The minimum Gasteiger partial charge on any atom is -0.493 e. The lowest BCUT2D eigenvalue weighted by Gasteiger charge is -2.33. The van der Waals surface area contributed by atoms with Gasteiger partial charge in [-0.3, -0.25) is 9.69 Å². The summed E-state index contributed by atoms with van der Waals surface area (Å²) in [4.78, 5) is 21.4. The molecule has 2 aromatic rings. The Hall–Kier alpha value is -2.58. The van der Waals surface area contributed by atoms with E-state index >= 15 is 0 Å². The molecule has 1 aromatic heterocycles. The predicted molar refractivity (Wildman–Crippen MR) is 112 cm³/mol. The van der Waals surface area contributed by atoms with Crippen molar-refractivity contribution in [3.8, 4) is 17.2 Å². The van der Waals surface area contributed by atoms with E-state index in [1.807, 2.05) is 24.0 Å². The number of benzene rings is 1. The van der Waals surface area contributed by atoms with E-state index in [-0.39, 0.29) is 5.91 Å². The van der Waals surface area contributed by atoms with Gasteiger partial charge in [-0.05, 0) is 30.7 Å². The maximum atomic E-state index is 12.6. The minimum absolute atomic E-state index is 0.0167. The van der Waals surface area contributed by atoms with E-state index in [1.165, 1.54) is 0 Å². The molecule has 2 aliphatic heterocycles. The number of methoxy groups -OCH3 is 1. The van der Waals surface area contributed by atoms with Crippen LogP contribution in [0.1, 0.15) is 16.3 Å². The van der Waals surface area contributed by atoms with Crippen LogP contribution in [0, 0.1) is 6.92 Å². The summed E-state index contributed by atoms with van der Waals surface area (Å²) in [7, 11) is 1.60. The van der Waals surface area contributed by atoms with Crippen molar-refractivity contribution in [2.45, 2.75) is 13.5 Å². The molecule has 3 heterocycles. The van der Waals surface area contributed by atoms with Crippen LogP contribution in [0.25, 0.3) is 6.08 Å². The molecule has 1 saturated heterocycles. The van der Waals surface area contributed by atoms with Crippen LogP contribution >= 0.6 is 11.3 Å². The number of aromatic nitrogens is 1. The van der Waals surface area contributed by atoms with Gasteiger partial charge in [-0.25, -0.2) is 4.98 Å². The van der Waals surface area contributed by atoms with Crippen LogP contribution < -0.4 is 14.2 Å². The molecule has 0 spiro atoms. The van der Waals surface area contributed by atoms with E-state index in [4.69, 9.17) is 14.2 Å². The molecule has 0 atom stereocenters. The summed E-state index contributed by atoms with van der Waals surface area (Å²) in [5.74, 6) is 1.89. The maximum absolute atomic E-state index is 12.6. The van der Waals surface area contributed by atoms with Crippen LogP contribution in [0.2, 0.25) is 0 Å². The van der Waals surface area contributed by atoms with Gasteiger partial charge in [0.1, 0.15) is 13.2 Å². The zero-order chi connectivity index (χ0) is 20.2. The Morgan fingerprint density at radius 3 is 2.76 bits per heavy atom. The molecule has 2 aliphatic rings. The maximum Gasteiger partial charge on any atom is 0.246 e. The summed E-state index contributed by atoms with van der Waals surface area (Å²) in [6, 6.07) is 3.72. The number of hydrogen-bond donors (Lipinski definition) is 0. The Balaban J connectivity index is 1.34. The number of fused-ring (bicyclic) bond motifs is 1. The van der Waals surface area contributed by atoms with Crippen molar-refractivity contribution in [3.63, 3.8) is 0 Å². The third kappa shape index (κ3) is 4.71. The van der Waals surface area contributed by atoms with E-state index < -0.39 is 0 Å². The van der Waals surface area contributed by atoms with Crippen molar-refractivity contribution in [3.05, 3.63) is 39.9 Å². The molecular weight excluding hydrogens is 390 g/mol. The molecule has 0 radical (unpaired) electrons. The van der Waals surface area contributed by atoms with Gasteiger partial charge in [0.2, 0.25) is 11.7 Å². The van der Waals surface area contributed by atoms with Gasteiger partial charge in [0.25, 0.3) is 0 Å². The van der Waals surface area contributed by atoms with Gasteiger partial charge in [0.05, 0.1) is 17.8 Å². The highest BCUT2D eigenvalue weighted by Crippen LogP contribution is 2.40. The predicted octanol–water partition coefficient (Wildman–Crippen LogP) is 2.59. The molecule has 7 nitrogen and oxygen atoms in total. The van der Waals surface area contributed by atoms with Gasteiger partial charge in [-0.2, -0.15) is 0 Å². The summed E-state index contributed by atoms with van der Waals surface area (Å²) in [6.07, 6.45) is 3.41. The quantitative estimate of drug-likeness (QED) is 0.700. The number of carbonyl (C=O) groups is 1. The molecule has 1 amide bonds. The Bertz CT molecular complexity index is 886. The Labute approximate surface area is 174 Å². The van der Waals surface area contributed by atoms with E-state index in [0.717, 1.165) is 49.0 Å². The lowest BCUT2D eigenvalue weighted by Crippen LogP contribution is -2.47. The Morgan fingerprint density at radius 2 is 2.03 bits per heavy atom. The number of carbonyl (C=O) groups excluding carboxylic acids is 1. The smallest absolute Gasteiger partial charge is 0.246 e. The van der Waals surface area contributed by atoms with Crippen molar-refractivity contribution in [1.29, 1.82) is 0 Å². The molecule has 8 heteroatoms. The van der Waals surface area contributed by atoms with E-state index in [0.29, 0.717) is 30.5 Å². The third-order valence-corrected chi connectivity index (χ3v) is 5.83. The fourth-order valence-corrected chi connectivity index (χ4v) is 4.10. The number of aryl methyl sites for hydroxylation is 1.